The first kappa shape index (κ1) is 41.0. The number of phenols is 1. The first-order valence-electron chi connectivity index (χ1n) is 16.8. The van der Waals surface area contributed by atoms with E-state index < -0.39 is 34.9 Å². The minimum absolute atomic E-state index is 0.0197. The van der Waals surface area contributed by atoms with E-state index in [9.17, 15) is 24.3 Å². The summed E-state index contributed by atoms with van der Waals surface area (Å²) in [6, 6.07) is 16.7. The number of primary amides is 1. The number of pyridine rings is 1. The molecule has 0 aliphatic heterocycles. The summed E-state index contributed by atoms with van der Waals surface area (Å²) < 4.78 is 7.43. The lowest BCUT2D eigenvalue weighted by Gasteiger charge is -2.20. The topological polar surface area (TPSA) is 201 Å². The van der Waals surface area contributed by atoms with Gasteiger partial charge in [-0.25, -0.2) is 4.79 Å². The van der Waals surface area contributed by atoms with Crippen LogP contribution in [0.4, 0.5) is 10.5 Å². The normalized spacial score (nSPS) is 12.0. The lowest BCUT2D eigenvalue weighted by Crippen LogP contribution is -2.42. The molecule has 0 radical (unpaired) electrons. The number of carbonyl (C=O) groups excluding carboxylic acids is 3. The molecule has 0 saturated carbocycles. The van der Waals surface area contributed by atoms with Gasteiger partial charge in [-0.15, -0.1) is 0 Å². The Morgan fingerprint density at radius 2 is 1.70 bits per heavy atom. The van der Waals surface area contributed by atoms with E-state index >= 15 is 0 Å². The van der Waals surface area contributed by atoms with Crippen molar-refractivity contribution in [1.29, 1.82) is 5.41 Å². The number of anilines is 1. The van der Waals surface area contributed by atoms with E-state index in [0.29, 0.717) is 22.6 Å². The third kappa shape index (κ3) is 10.4. The fourth-order valence-electron chi connectivity index (χ4n) is 5.00. The van der Waals surface area contributed by atoms with Crippen LogP contribution in [-0.4, -0.2) is 39.3 Å². The zero-order valence-electron chi connectivity index (χ0n) is 30.7. The van der Waals surface area contributed by atoms with Crippen LogP contribution in [0.5, 0.6) is 11.5 Å². The molecule has 0 aliphatic rings. The molecule has 1 aromatic heterocycles. The van der Waals surface area contributed by atoms with Gasteiger partial charge in [-0.1, -0.05) is 74.3 Å². The van der Waals surface area contributed by atoms with E-state index in [0.717, 1.165) is 11.1 Å². The number of amides is 4. The summed E-state index contributed by atoms with van der Waals surface area (Å²) in [5.41, 5.74) is 8.25. The number of urea groups is 1. The number of aromatic nitrogens is 1. The molecule has 0 fully saturated rings. The second-order valence-electron chi connectivity index (χ2n) is 13.6. The molecule has 0 aliphatic carbocycles. The standard InChI is InChI=1S/C39H43Cl2N7O6/c1-21-11-12-24(36(51)45-23(3)35(43)50)16-29(21)48-22(2)15-31(34(41)37(48)52)54-20-26-10-8-7-9-25(26)19-44-38(53)47-33(18-32(42)39(4,5)6)46-27-13-14-30(49)28(40)17-27/h7-18,23,42,46,49H,19-20H2,1-6H3,(H2,43,50)(H,45,51)(H2,44,47,53)/b33-18+,42-32?/t23-/m0/s1. The Kier molecular flexibility index (Phi) is 13.2. The number of hydrogen-bond donors (Lipinski definition) is 7. The maximum Gasteiger partial charge on any atom is 0.320 e. The van der Waals surface area contributed by atoms with Crippen molar-refractivity contribution in [3.8, 4) is 17.2 Å². The number of aryl methyl sites for hydroxylation is 2. The predicted molar refractivity (Wildman–Crippen MR) is 211 cm³/mol. The maximum atomic E-state index is 13.6. The SMILES string of the molecule is Cc1ccc(C(=O)N[C@@H](C)C(N)=O)cc1-n1c(C)cc(OCc2ccccc2CNC(=O)N/C(=C/C(=N)C(C)(C)C)Nc2ccc(O)c(Cl)c2)c(Cl)c1=O. The number of rotatable bonds is 13. The van der Waals surface area contributed by atoms with Crippen LogP contribution in [0.3, 0.4) is 0 Å². The molecule has 1 heterocycles. The molecule has 3 aromatic carbocycles. The highest BCUT2D eigenvalue weighted by atomic mass is 35.5. The summed E-state index contributed by atoms with van der Waals surface area (Å²) in [6.07, 6.45) is 1.50. The van der Waals surface area contributed by atoms with Crippen LogP contribution < -0.4 is 37.3 Å². The Labute approximate surface area is 323 Å². The summed E-state index contributed by atoms with van der Waals surface area (Å²) in [7, 11) is 0. The number of allylic oxidation sites excluding steroid dienone is 1. The van der Waals surface area contributed by atoms with Gasteiger partial charge in [0.2, 0.25) is 5.91 Å². The third-order valence-corrected chi connectivity index (χ3v) is 8.95. The highest BCUT2D eigenvalue weighted by molar-refractivity contribution is 6.32. The second kappa shape index (κ2) is 17.4. The highest BCUT2D eigenvalue weighted by Gasteiger charge is 2.20. The summed E-state index contributed by atoms with van der Waals surface area (Å²) in [5.74, 6) is -0.942. The first-order valence-corrected chi connectivity index (χ1v) is 17.5. The number of nitrogens with zero attached hydrogens (tertiary/aromatic N) is 1. The Bertz CT molecular complexity index is 2190. The molecule has 0 unspecified atom stereocenters. The van der Waals surface area contributed by atoms with Gasteiger partial charge in [0.15, 0.2) is 0 Å². The number of carbonyl (C=O) groups is 3. The van der Waals surface area contributed by atoms with E-state index in [1.54, 1.807) is 38.1 Å². The average Bonchev–Trinajstić information content (AvgIpc) is 3.10. The monoisotopic (exact) mass is 775 g/mol. The van der Waals surface area contributed by atoms with Crippen molar-refractivity contribution in [2.75, 3.05) is 5.32 Å². The van der Waals surface area contributed by atoms with Crippen molar-refractivity contribution in [3.05, 3.63) is 127 Å². The molecule has 4 aromatic rings. The first-order chi connectivity index (χ1) is 25.3. The minimum atomic E-state index is -0.888. The zero-order chi connectivity index (χ0) is 39.9. The highest BCUT2D eigenvalue weighted by Crippen LogP contribution is 2.28. The molecule has 0 saturated heterocycles. The van der Waals surface area contributed by atoms with E-state index in [1.807, 2.05) is 45.0 Å². The van der Waals surface area contributed by atoms with E-state index in [2.05, 4.69) is 21.3 Å². The van der Waals surface area contributed by atoms with Crippen LogP contribution in [0, 0.1) is 24.7 Å². The largest absolute Gasteiger partial charge is 0.506 e. The molecular weight excluding hydrogens is 733 g/mol. The number of benzene rings is 3. The molecule has 0 bridgehead atoms. The summed E-state index contributed by atoms with van der Waals surface area (Å²) in [4.78, 5) is 51.0. The van der Waals surface area contributed by atoms with Gasteiger partial charge in [0.25, 0.3) is 11.5 Å². The number of nitrogens with one attached hydrogen (secondary N) is 5. The molecule has 4 amide bonds. The van der Waals surface area contributed by atoms with Gasteiger partial charge in [0.1, 0.15) is 35.0 Å². The van der Waals surface area contributed by atoms with Crippen molar-refractivity contribution < 1.29 is 24.2 Å². The maximum absolute atomic E-state index is 13.6. The third-order valence-electron chi connectivity index (χ3n) is 8.30. The number of hydrogen-bond acceptors (Lipinski definition) is 8. The van der Waals surface area contributed by atoms with Gasteiger partial charge in [-0.05, 0) is 67.8 Å². The number of ether oxygens (including phenoxy) is 1. The van der Waals surface area contributed by atoms with Gasteiger partial charge in [0, 0.05) is 46.8 Å². The number of halogens is 2. The Morgan fingerprint density at radius 3 is 2.35 bits per heavy atom. The van der Waals surface area contributed by atoms with E-state index in [-0.39, 0.29) is 51.8 Å². The van der Waals surface area contributed by atoms with Crippen molar-refractivity contribution >= 4 is 52.4 Å². The van der Waals surface area contributed by atoms with Crippen molar-refractivity contribution in [1.82, 2.24) is 20.5 Å². The van der Waals surface area contributed by atoms with Crippen molar-refractivity contribution in [3.63, 3.8) is 0 Å². The molecule has 1 atom stereocenters. The molecule has 284 valence electrons. The van der Waals surface area contributed by atoms with Gasteiger partial charge in [0.05, 0.1) is 10.7 Å². The quantitative estimate of drug-likeness (QED) is 0.0596. The second-order valence-corrected chi connectivity index (χ2v) is 14.4. The molecule has 13 nitrogen and oxygen atoms in total. The van der Waals surface area contributed by atoms with E-state index in [4.69, 9.17) is 39.1 Å². The van der Waals surface area contributed by atoms with Gasteiger partial charge in [-0.3, -0.25) is 24.3 Å². The molecule has 54 heavy (non-hydrogen) atoms. The molecular formula is C39H43Cl2N7O6. The van der Waals surface area contributed by atoms with Gasteiger partial charge < -0.3 is 36.9 Å². The Morgan fingerprint density at radius 1 is 1.02 bits per heavy atom. The van der Waals surface area contributed by atoms with Crippen LogP contribution in [0.2, 0.25) is 10.0 Å². The number of nitrogens with two attached hydrogens (primary N) is 1. The Hall–Kier alpha value is -5.79. The van der Waals surface area contributed by atoms with Crippen molar-refractivity contribution in [2.45, 2.75) is 60.7 Å². The number of phenolic OH excluding ortho intramolecular Hbond substituents is 1. The van der Waals surface area contributed by atoms with Crippen LogP contribution >= 0.6 is 23.2 Å². The predicted octanol–water partition coefficient (Wildman–Crippen LogP) is 6.47. The zero-order valence-corrected chi connectivity index (χ0v) is 32.2. The van der Waals surface area contributed by atoms with Crippen LogP contribution in [-0.2, 0) is 17.9 Å². The van der Waals surface area contributed by atoms with E-state index in [1.165, 1.54) is 35.8 Å². The average molecular weight is 777 g/mol. The lowest BCUT2D eigenvalue weighted by molar-refractivity contribution is -0.119. The summed E-state index contributed by atoms with van der Waals surface area (Å²) in [6.45, 7) is 10.7. The van der Waals surface area contributed by atoms with Crippen LogP contribution in [0.25, 0.3) is 5.69 Å². The van der Waals surface area contributed by atoms with Crippen LogP contribution in [0.1, 0.15) is 60.4 Å². The fourth-order valence-corrected chi connectivity index (χ4v) is 5.38. The Balaban J connectivity index is 1.49. The molecule has 0 spiro atoms. The smallest absolute Gasteiger partial charge is 0.320 e. The lowest BCUT2D eigenvalue weighted by atomic mass is 9.90. The van der Waals surface area contributed by atoms with Gasteiger partial charge >= 0.3 is 6.03 Å². The number of aromatic hydroxyl groups is 1. The summed E-state index contributed by atoms with van der Waals surface area (Å²) in [5, 5.41) is 29.3. The summed E-state index contributed by atoms with van der Waals surface area (Å²) >= 11 is 12.6. The molecule has 4 rings (SSSR count). The van der Waals surface area contributed by atoms with Gasteiger partial charge in [-0.2, -0.15) is 0 Å². The fraction of sp³-hybridized carbons (Fsp3) is 0.256. The molecule has 8 N–H and O–H groups in total. The molecule has 15 heteroatoms. The van der Waals surface area contributed by atoms with Crippen molar-refractivity contribution in [2.24, 2.45) is 11.1 Å². The van der Waals surface area contributed by atoms with Crippen LogP contribution in [0.15, 0.2) is 83.4 Å². The minimum Gasteiger partial charge on any atom is -0.506 e.